The van der Waals surface area contributed by atoms with Crippen LogP contribution in [-0.4, -0.2) is 19.3 Å². The summed E-state index contributed by atoms with van der Waals surface area (Å²) in [6.07, 6.45) is 3.29. The first-order chi connectivity index (χ1) is 8.73. The van der Waals surface area contributed by atoms with Gasteiger partial charge in [-0.25, -0.2) is 9.67 Å². The van der Waals surface area contributed by atoms with Gasteiger partial charge in [0.25, 0.3) is 5.56 Å². The van der Waals surface area contributed by atoms with Gasteiger partial charge in [-0.1, -0.05) is 0 Å². The van der Waals surface area contributed by atoms with E-state index in [1.54, 1.807) is 17.0 Å². The van der Waals surface area contributed by atoms with Gasteiger partial charge in [0, 0.05) is 17.9 Å². The van der Waals surface area contributed by atoms with Gasteiger partial charge < -0.3 is 10.3 Å². The smallest absolute Gasteiger partial charge is 0.296 e. The quantitative estimate of drug-likeness (QED) is 0.841. The highest BCUT2D eigenvalue weighted by Gasteiger charge is 2.19. The van der Waals surface area contributed by atoms with Gasteiger partial charge >= 0.3 is 0 Å². The summed E-state index contributed by atoms with van der Waals surface area (Å²) in [5.41, 5.74) is 7.42. The Hall–Kier alpha value is -2.11. The molecule has 0 aliphatic carbocycles. The fourth-order valence-electron chi connectivity index (χ4n) is 1.94. The average molecular weight is 261 g/mol. The van der Waals surface area contributed by atoms with Crippen molar-refractivity contribution in [1.82, 2.24) is 19.3 Å². The summed E-state index contributed by atoms with van der Waals surface area (Å²) in [6, 6.07) is 0. The summed E-state index contributed by atoms with van der Waals surface area (Å²) in [7, 11) is 0. The molecule has 2 aromatic rings. The van der Waals surface area contributed by atoms with Crippen LogP contribution in [0.15, 0.2) is 17.2 Å². The van der Waals surface area contributed by atoms with Crippen molar-refractivity contribution in [2.24, 2.45) is 0 Å². The van der Waals surface area contributed by atoms with Crippen LogP contribution in [0.2, 0.25) is 0 Å². The lowest BCUT2D eigenvalue weighted by Gasteiger charge is -2.22. The van der Waals surface area contributed by atoms with Crippen LogP contribution in [0.4, 0.5) is 5.69 Å². The van der Waals surface area contributed by atoms with Crippen LogP contribution < -0.4 is 11.3 Å². The van der Waals surface area contributed by atoms with Crippen molar-refractivity contribution >= 4 is 5.69 Å². The highest BCUT2D eigenvalue weighted by molar-refractivity contribution is 5.49. The first-order valence-corrected chi connectivity index (χ1v) is 6.13. The second kappa shape index (κ2) is 4.22. The molecule has 6 nitrogen and oxygen atoms in total. The normalized spacial score (nSPS) is 11.8. The molecule has 2 rings (SSSR count). The summed E-state index contributed by atoms with van der Waals surface area (Å²) >= 11 is 0. The van der Waals surface area contributed by atoms with Gasteiger partial charge in [0.05, 0.1) is 17.1 Å². The highest BCUT2D eigenvalue weighted by Crippen LogP contribution is 2.17. The Kier molecular flexibility index (Phi) is 2.96. The van der Waals surface area contributed by atoms with Gasteiger partial charge in [0.2, 0.25) is 5.82 Å². The molecule has 19 heavy (non-hydrogen) atoms. The highest BCUT2D eigenvalue weighted by atomic mass is 16.1. The number of anilines is 1. The van der Waals surface area contributed by atoms with Crippen molar-refractivity contribution < 1.29 is 0 Å². The lowest BCUT2D eigenvalue weighted by atomic mass is 10.1. The van der Waals surface area contributed by atoms with E-state index >= 15 is 0 Å². The molecule has 0 saturated carbocycles. The molecule has 2 aromatic heterocycles. The molecule has 2 N–H and O–H groups in total. The van der Waals surface area contributed by atoms with Gasteiger partial charge in [0.1, 0.15) is 0 Å². The van der Waals surface area contributed by atoms with Crippen molar-refractivity contribution in [3.63, 3.8) is 0 Å². The number of aromatic nitrogens is 4. The van der Waals surface area contributed by atoms with Crippen LogP contribution in [0.5, 0.6) is 0 Å². The van der Waals surface area contributed by atoms with E-state index < -0.39 is 0 Å². The van der Waals surface area contributed by atoms with Crippen molar-refractivity contribution in [2.75, 3.05) is 5.73 Å². The van der Waals surface area contributed by atoms with E-state index in [2.05, 4.69) is 10.1 Å². The Morgan fingerprint density at radius 3 is 2.37 bits per heavy atom. The number of rotatable bonds is 1. The Labute approximate surface area is 111 Å². The van der Waals surface area contributed by atoms with Gasteiger partial charge in [-0.05, 0) is 34.6 Å². The minimum atomic E-state index is -0.309. The zero-order chi connectivity index (χ0) is 14.4. The van der Waals surface area contributed by atoms with Crippen LogP contribution in [0, 0.1) is 13.8 Å². The SMILES string of the molecule is Cc1nn(-c2nccn(C(C)(C)C)c2=O)c(C)c1N. The van der Waals surface area contributed by atoms with Crippen molar-refractivity contribution in [3.05, 3.63) is 34.1 Å². The number of hydrogen-bond donors (Lipinski definition) is 1. The molecule has 0 atom stereocenters. The molecule has 6 heteroatoms. The zero-order valence-electron chi connectivity index (χ0n) is 11.9. The van der Waals surface area contributed by atoms with E-state index in [1.807, 2.05) is 34.6 Å². The number of hydrogen-bond acceptors (Lipinski definition) is 4. The van der Waals surface area contributed by atoms with Gasteiger partial charge in [-0.3, -0.25) is 4.79 Å². The molecule has 0 spiro atoms. The third kappa shape index (κ3) is 2.14. The molecule has 0 bridgehead atoms. The van der Waals surface area contributed by atoms with Gasteiger partial charge in [-0.15, -0.1) is 0 Å². The Morgan fingerprint density at radius 1 is 1.26 bits per heavy atom. The second-order valence-corrected chi connectivity index (χ2v) is 5.59. The predicted molar refractivity (Wildman–Crippen MR) is 74.5 cm³/mol. The minimum Gasteiger partial charge on any atom is -0.396 e. The third-order valence-electron chi connectivity index (χ3n) is 3.09. The zero-order valence-corrected chi connectivity index (χ0v) is 11.9. The molecule has 0 aliphatic heterocycles. The van der Waals surface area contributed by atoms with Crippen molar-refractivity contribution in [1.29, 1.82) is 0 Å². The van der Waals surface area contributed by atoms with E-state index in [4.69, 9.17) is 5.73 Å². The fraction of sp³-hybridized carbons (Fsp3) is 0.462. The maximum atomic E-state index is 12.5. The molecule has 102 valence electrons. The monoisotopic (exact) mass is 261 g/mol. The maximum Gasteiger partial charge on any atom is 0.296 e. The average Bonchev–Trinajstić information content (AvgIpc) is 2.56. The molecule has 2 heterocycles. The number of aryl methyl sites for hydroxylation is 1. The van der Waals surface area contributed by atoms with Crippen molar-refractivity contribution in [3.8, 4) is 5.82 Å². The predicted octanol–water partition coefficient (Wildman–Crippen LogP) is 1.38. The second-order valence-electron chi connectivity index (χ2n) is 5.59. The molecular weight excluding hydrogens is 242 g/mol. The van der Waals surface area contributed by atoms with Crippen LogP contribution in [0.25, 0.3) is 5.82 Å². The van der Waals surface area contributed by atoms with Crippen LogP contribution >= 0.6 is 0 Å². The van der Waals surface area contributed by atoms with E-state index in [0.29, 0.717) is 11.4 Å². The summed E-state index contributed by atoms with van der Waals surface area (Å²) < 4.78 is 3.15. The molecule has 0 saturated heterocycles. The Bertz CT molecular complexity index is 675. The first kappa shape index (κ1) is 13.3. The maximum absolute atomic E-state index is 12.5. The van der Waals surface area contributed by atoms with Crippen molar-refractivity contribution in [2.45, 2.75) is 40.2 Å². The topological polar surface area (TPSA) is 78.7 Å². The van der Waals surface area contributed by atoms with E-state index in [9.17, 15) is 4.79 Å². The number of nitrogens with two attached hydrogens (primary N) is 1. The summed E-state index contributed by atoms with van der Waals surface area (Å²) in [4.78, 5) is 16.6. The Balaban J connectivity index is 2.71. The molecule has 0 radical (unpaired) electrons. The minimum absolute atomic E-state index is 0.180. The van der Waals surface area contributed by atoms with E-state index in [-0.39, 0.29) is 16.9 Å². The third-order valence-corrected chi connectivity index (χ3v) is 3.09. The number of nitrogens with zero attached hydrogens (tertiary/aromatic N) is 4. The largest absolute Gasteiger partial charge is 0.396 e. The molecule has 0 aliphatic rings. The summed E-state index contributed by atoms with van der Waals surface area (Å²) in [5.74, 6) is 0.273. The summed E-state index contributed by atoms with van der Waals surface area (Å²) in [6.45, 7) is 9.53. The first-order valence-electron chi connectivity index (χ1n) is 6.13. The molecular formula is C13H19N5O. The van der Waals surface area contributed by atoms with Crippen LogP contribution in [-0.2, 0) is 5.54 Å². The molecule has 0 fully saturated rings. The van der Waals surface area contributed by atoms with Gasteiger partial charge in [-0.2, -0.15) is 5.10 Å². The fourth-order valence-corrected chi connectivity index (χ4v) is 1.94. The van der Waals surface area contributed by atoms with Gasteiger partial charge in [0.15, 0.2) is 0 Å². The lowest BCUT2D eigenvalue weighted by Crippen LogP contribution is -2.36. The number of nitrogen functional groups attached to an aromatic ring is 1. The lowest BCUT2D eigenvalue weighted by molar-refractivity contribution is 0.381. The Morgan fingerprint density at radius 2 is 1.89 bits per heavy atom. The molecule has 0 amide bonds. The molecule has 0 unspecified atom stereocenters. The molecule has 0 aromatic carbocycles. The summed E-state index contributed by atoms with van der Waals surface area (Å²) in [5, 5.41) is 4.28. The van der Waals surface area contributed by atoms with E-state index in [0.717, 1.165) is 5.69 Å². The standard InChI is InChI=1S/C13H19N5O/c1-8-10(14)9(2)18(16-8)11-12(19)17(7-6-15-11)13(3,4)5/h6-7H,14H2,1-5H3. The van der Waals surface area contributed by atoms with Crippen LogP contribution in [0.1, 0.15) is 32.2 Å². The van der Waals surface area contributed by atoms with E-state index in [1.165, 1.54) is 4.68 Å². The van der Waals surface area contributed by atoms with Crippen LogP contribution in [0.3, 0.4) is 0 Å².